The third-order valence-corrected chi connectivity index (χ3v) is 4.81. The zero-order valence-corrected chi connectivity index (χ0v) is 14.2. The molecule has 3 rings (SSSR count). The van der Waals surface area contributed by atoms with Gasteiger partial charge in [-0.15, -0.1) is 0 Å². The van der Waals surface area contributed by atoms with E-state index in [0.717, 1.165) is 30.7 Å². The van der Waals surface area contributed by atoms with Gasteiger partial charge in [0.15, 0.2) is 11.2 Å². The molecule has 0 unspecified atom stereocenters. The van der Waals surface area contributed by atoms with Crippen molar-refractivity contribution >= 4 is 11.2 Å². The van der Waals surface area contributed by atoms with Gasteiger partial charge in [-0.2, -0.15) is 0 Å². The molecule has 1 saturated heterocycles. The first-order valence-corrected chi connectivity index (χ1v) is 7.93. The Labute approximate surface area is 134 Å². The van der Waals surface area contributed by atoms with Crippen LogP contribution in [-0.4, -0.2) is 67.8 Å². The first kappa shape index (κ1) is 15.9. The number of hydrogen-bond acceptors (Lipinski definition) is 5. The summed E-state index contributed by atoms with van der Waals surface area (Å²) in [7, 11) is 5.29. The molecule has 3 heterocycles. The van der Waals surface area contributed by atoms with Crippen molar-refractivity contribution in [1.29, 1.82) is 0 Å². The van der Waals surface area contributed by atoms with Crippen LogP contribution in [0.4, 0.5) is 0 Å². The molecule has 0 N–H and O–H groups in total. The van der Waals surface area contributed by atoms with E-state index in [1.807, 2.05) is 4.57 Å². The molecular formula is C15H24N6O2. The number of aryl methyl sites for hydroxylation is 1. The summed E-state index contributed by atoms with van der Waals surface area (Å²) < 4.78 is 4.42. The molecule has 2 aromatic rings. The second-order valence-corrected chi connectivity index (χ2v) is 6.46. The maximum absolute atomic E-state index is 12.4. The van der Waals surface area contributed by atoms with E-state index < -0.39 is 0 Å². The molecule has 0 amide bonds. The molecule has 0 aromatic carbocycles. The zero-order chi connectivity index (χ0) is 16.7. The number of aromatic nitrogens is 4. The molecule has 1 fully saturated rings. The third-order valence-electron chi connectivity index (χ3n) is 4.81. The number of imidazole rings is 1. The number of fused-ring (bicyclic) bond motifs is 1. The minimum atomic E-state index is -0.347. The van der Waals surface area contributed by atoms with Crippen LogP contribution in [0.5, 0.6) is 0 Å². The van der Waals surface area contributed by atoms with E-state index in [4.69, 9.17) is 0 Å². The number of hydrogen-bond donors (Lipinski definition) is 0. The minimum absolute atomic E-state index is 0.285. The van der Waals surface area contributed by atoms with Crippen molar-refractivity contribution < 1.29 is 0 Å². The molecule has 126 valence electrons. The molecule has 8 nitrogen and oxygen atoms in total. The average molecular weight is 320 g/mol. The molecule has 0 saturated carbocycles. The molecule has 8 heteroatoms. The van der Waals surface area contributed by atoms with Crippen LogP contribution in [-0.2, 0) is 20.6 Å². The maximum Gasteiger partial charge on any atom is 0.332 e. The van der Waals surface area contributed by atoms with Crippen LogP contribution in [0.2, 0.25) is 0 Å². The maximum atomic E-state index is 12.4. The van der Waals surface area contributed by atoms with Crippen LogP contribution in [0.25, 0.3) is 11.2 Å². The summed E-state index contributed by atoms with van der Waals surface area (Å²) in [4.78, 5) is 33.4. The van der Waals surface area contributed by atoms with Gasteiger partial charge in [-0.05, 0) is 14.0 Å². The van der Waals surface area contributed by atoms with Crippen LogP contribution in [0.1, 0.15) is 6.92 Å². The van der Waals surface area contributed by atoms with E-state index in [9.17, 15) is 9.59 Å². The van der Waals surface area contributed by atoms with Crippen molar-refractivity contribution in [2.45, 2.75) is 19.5 Å². The Hall–Kier alpha value is -1.93. The van der Waals surface area contributed by atoms with Crippen molar-refractivity contribution in [3.8, 4) is 0 Å². The van der Waals surface area contributed by atoms with Gasteiger partial charge in [0.25, 0.3) is 5.56 Å². The lowest BCUT2D eigenvalue weighted by atomic mass is 10.2. The van der Waals surface area contributed by atoms with E-state index in [1.165, 1.54) is 11.6 Å². The number of piperazine rings is 1. The van der Waals surface area contributed by atoms with E-state index in [-0.39, 0.29) is 11.2 Å². The molecule has 1 aliphatic rings. The molecule has 0 aliphatic carbocycles. The lowest BCUT2D eigenvalue weighted by Gasteiger charge is -2.38. The highest BCUT2D eigenvalue weighted by Crippen LogP contribution is 2.10. The Bertz CT molecular complexity index is 833. The van der Waals surface area contributed by atoms with Crippen LogP contribution >= 0.6 is 0 Å². The second kappa shape index (κ2) is 5.93. The van der Waals surface area contributed by atoms with Gasteiger partial charge in [-0.3, -0.25) is 18.8 Å². The molecule has 1 atom stereocenters. The molecule has 0 spiro atoms. The Morgan fingerprint density at radius 3 is 2.57 bits per heavy atom. The van der Waals surface area contributed by atoms with E-state index in [2.05, 4.69) is 28.8 Å². The standard InChI is InChI=1S/C15H24N6O2/c1-11-9-17(2)5-6-20(11)7-8-21-10-16-13-12(21)14(22)19(4)15(23)18(13)3/h10-11H,5-9H2,1-4H3/t11-/m0/s1. The van der Waals surface area contributed by atoms with Crippen molar-refractivity contribution in [2.24, 2.45) is 14.1 Å². The van der Waals surface area contributed by atoms with E-state index in [1.54, 1.807) is 13.4 Å². The van der Waals surface area contributed by atoms with Gasteiger partial charge < -0.3 is 9.47 Å². The predicted octanol–water partition coefficient (Wildman–Crippen LogP) is -0.930. The topological polar surface area (TPSA) is 68.3 Å². The van der Waals surface area contributed by atoms with Gasteiger partial charge in [0.1, 0.15) is 0 Å². The number of nitrogens with zero attached hydrogens (tertiary/aromatic N) is 6. The average Bonchev–Trinajstić information content (AvgIpc) is 2.94. The fraction of sp³-hybridized carbons (Fsp3) is 0.667. The number of likely N-dealkylation sites (N-methyl/N-ethyl adjacent to an activating group) is 1. The fourth-order valence-electron chi connectivity index (χ4n) is 3.31. The smallest absolute Gasteiger partial charge is 0.323 e. The molecule has 1 aliphatic heterocycles. The Balaban J connectivity index is 1.87. The lowest BCUT2D eigenvalue weighted by molar-refractivity contribution is 0.0971. The second-order valence-electron chi connectivity index (χ2n) is 6.46. The van der Waals surface area contributed by atoms with Crippen molar-refractivity contribution in [2.75, 3.05) is 33.2 Å². The summed E-state index contributed by atoms with van der Waals surface area (Å²) in [5.41, 5.74) is 0.313. The first-order valence-electron chi connectivity index (χ1n) is 7.93. The molecule has 0 bridgehead atoms. The lowest BCUT2D eigenvalue weighted by Crippen LogP contribution is -2.51. The van der Waals surface area contributed by atoms with Gasteiger partial charge in [-0.1, -0.05) is 0 Å². The molecule has 23 heavy (non-hydrogen) atoms. The summed E-state index contributed by atoms with van der Waals surface area (Å²) in [5.74, 6) is 0. The first-order chi connectivity index (χ1) is 10.9. The van der Waals surface area contributed by atoms with Crippen molar-refractivity contribution in [3.63, 3.8) is 0 Å². The summed E-state index contributed by atoms with van der Waals surface area (Å²) in [6.07, 6.45) is 1.66. The summed E-state index contributed by atoms with van der Waals surface area (Å²) in [5, 5.41) is 0. The normalized spacial score (nSPS) is 20.4. The van der Waals surface area contributed by atoms with E-state index >= 15 is 0 Å². The Morgan fingerprint density at radius 2 is 1.87 bits per heavy atom. The molecular weight excluding hydrogens is 296 g/mol. The zero-order valence-electron chi connectivity index (χ0n) is 14.2. The van der Waals surface area contributed by atoms with Gasteiger partial charge in [0, 0.05) is 52.9 Å². The third kappa shape index (κ3) is 2.72. The Morgan fingerprint density at radius 1 is 1.13 bits per heavy atom. The SMILES string of the molecule is C[C@H]1CN(C)CCN1CCn1cnc2c1c(=O)n(C)c(=O)n2C. The summed E-state index contributed by atoms with van der Waals surface area (Å²) in [6, 6.07) is 0.496. The highest BCUT2D eigenvalue weighted by molar-refractivity contribution is 5.69. The van der Waals surface area contributed by atoms with Gasteiger partial charge in [0.05, 0.1) is 6.33 Å². The number of rotatable bonds is 3. The van der Waals surface area contributed by atoms with Gasteiger partial charge in [-0.25, -0.2) is 9.78 Å². The van der Waals surface area contributed by atoms with Crippen LogP contribution < -0.4 is 11.2 Å². The monoisotopic (exact) mass is 320 g/mol. The fourth-order valence-corrected chi connectivity index (χ4v) is 3.31. The summed E-state index contributed by atoms with van der Waals surface area (Å²) >= 11 is 0. The van der Waals surface area contributed by atoms with Gasteiger partial charge >= 0.3 is 5.69 Å². The van der Waals surface area contributed by atoms with Crippen molar-refractivity contribution in [3.05, 3.63) is 27.2 Å². The predicted molar refractivity (Wildman–Crippen MR) is 88.7 cm³/mol. The molecule has 0 radical (unpaired) electrons. The quantitative estimate of drug-likeness (QED) is 0.731. The Kier molecular flexibility index (Phi) is 4.11. The van der Waals surface area contributed by atoms with Crippen molar-refractivity contribution in [1.82, 2.24) is 28.5 Å². The summed E-state index contributed by atoms with van der Waals surface area (Å²) in [6.45, 7) is 6.93. The van der Waals surface area contributed by atoms with Crippen LogP contribution in [0, 0.1) is 0 Å². The van der Waals surface area contributed by atoms with E-state index in [0.29, 0.717) is 23.8 Å². The van der Waals surface area contributed by atoms with Gasteiger partial charge in [0.2, 0.25) is 0 Å². The highest BCUT2D eigenvalue weighted by Gasteiger charge is 2.21. The van der Waals surface area contributed by atoms with Crippen LogP contribution in [0.3, 0.4) is 0 Å². The highest BCUT2D eigenvalue weighted by atomic mass is 16.2. The molecule has 2 aromatic heterocycles. The van der Waals surface area contributed by atoms with Crippen LogP contribution in [0.15, 0.2) is 15.9 Å². The minimum Gasteiger partial charge on any atom is -0.323 e. The largest absolute Gasteiger partial charge is 0.332 e.